The molecule has 2 aromatic heterocycles. The topological polar surface area (TPSA) is 124 Å². The van der Waals surface area contributed by atoms with E-state index >= 15 is 0 Å². The largest absolute Gasteiger partial charge is 0.597 e. The maximum absolute atomic E-state index is 12.9. The first-order valence-electron chi connectivity index (χ1n) is 15.4. The van der Waals surface area contributed by atoms with Gasteiger partial charge in [-0.05, 0) is 52.0 Å². The van der Waals surface area contributed by atoms with Gasteiger partial charge in [-0.3, -0.25) is 8.47 Å². The van der Waals surface area contributed by atoms with E-state index in [0.29, 0.717) is 46.0 Å². The van der Waals surface area contributed by atoms with Crippen molar-refractivity contribution in [3.63, 3.8) is 0 Å². The second-order valence-electron chi connectivity index (χ2n) is 12.7. The standard InChI is InChI=1S/C36H26N8O2Si/c1-17-5-9-21-25(13-17)31-37-29(21)39-35-28-16-20(4)8-12-24(28)34-42-32-26-14-18(2)6-10-22(26)30(38-32)40-36-27-15-19(3)7-11-23(27)33(41-31)43(36)47(45,46)44(34)35/h5-16,45-46H,1-4H3. The van der Waals surface area contributed by atoms with Crippen LogP contribution in [-0.4, -0.2) is 50.3 Å². The fourth-order valence-electron chi connectivity index (χ4n) is 7.13. The van der Waals surface area contributed by atoms with Crippen molar-refractivity contribution in [3.8, 4) is 0 Å². The second-order valence-corrected chi connectivity index (χ2v) is 14.8. The first-order valence-corrected chi connectivity index (χ1v) is 17.2. The van der Waals surface area contributed by atoms with E-state index in [9.17, 15) is 9.59 Å². The number of fused-ring (bicyclic) bond motifs is 14. The summed E-state index contributed by atoms with van der Waals surface area (Å²) in [6.07, 6.45) is 0. The molecule has 0 radical (unpaired) electrons. The molecule has 0 atom stereocenters. The molecule has 47 heavy (non-hydrogen) atoms. The zero-order valence-electron chi connectivity index (χ0n) is 25.9. The van der Waals surface area contributed by atoms with E-state index in [4.69, 9.17) is 30.0 Å². The van der Waals surface area contributed by atoms with Gasteiger partial charge in [-0.2, -0.15) is 0 Å². The Balaban J connectivity index is 1.51. The number of aromatic nitrogens is 2. The Morgan fingerprint density at radius 1 is 0.426 bits per heavy atom. The Kier molecular flexibility index (Phi) is 4.97. The van der Waals surface area contributed by atoms with E-state index in [-0.39, 0.29) is 0 Å². The molecule has 4 aromatic carbocycles. The summed E-state index contributed by atoms with van der Waals surface area (Å²) in [6, 6.07) is 24.1. The van der Waals surface area contributed by atoms with Crippen LogP contribution in [0.5, 0.6) is 0 Å². The quantitative estimate of drug-likeness (QED) is 0.239. The normalized spacial score (nSPS) is 16.5. The van der Waals surface area contributed by atoms with E-state index in [0.717, 1.165) is 66.1 Å². The lowest BCUT2D eigenvalue weighted by Gasteiger charge is -2.23. The van der Waals surface area contributed by atoms with Crippen molar-refractivity contribution in [2.45, 2.75) is 27.7 Å². The summed E-state index contributed by atoms with van der Waals surface area (Å²) in [5.41, 5.74) is 8.11. The van der Waals surface area contributed by atoms with Crippen LogP contribution in [0.15, 0.2) is 103 Å². The lowest BCUT2D eigenvalue weighted by Crippen LogP contribution is -2.60. The molecular formula is C36H26N8O2Si. The second kappa shape index (κ2) is 8.79. The SMILES string of the molecule is Cc1ccc2c(c1)C1=NC2=Nc2c3cc(C)ccc3c3n2[Si](O)(O)n2c(c4ccc(C)cc4c2=NC2=NC(=N3)c3cc(C)ccc32)=N1. The maximum Gasteiger partial charge on any atom is 0.597 e. The number of hydrogen-bond acceptors (Lipinski definition) is 8. The fraction of sp³-hybridized carbons (Fsp3) is 0.111. The highest BCUT2D eigenvalue weighted by Gasteiger charge is 2.46. The summed E-state index contributed by atoms with van der Waals surface area (Å²) < 4.78 is 3.00. The third-order valence-corrected chi connectivity index (χ3v) is 11.4. The van der Waals surface area contributed by atoms with Gasteiger partial charge >= 0.3 is 8.88 Å². The molecule has 2 N–H and O–H groups in total. The Labute approximate surface area is 268 Å². The van der Waals surface area contributed by atoms with Gasteiger partial charge in [0.25, 0.3) is 0 Å². The van der Waals surface area contributed by atoms with Crippen LogP contribution >= 0.6 is 0 Å². The van der Waals surface area contributed by atoms with Gasteiger partial charge in [-0.25, -0.2) is 30.0 Å². The molecule has 11 heteroatoms. The van der Waals surface area contributed by atoms with E-state index in [1.165, 1.54) is 8.47 Å². The van der Waals surface area contributed by atoms with Gasteiger partial charge in [-0.1, -0.05) is 70.8 Å². The Hall–Kier alpha value is -5.62. The van der Waals surface area contributed by atoms with Crippen LogP contribution in [0.3, 0.4) is 0 Å². The monoisotopic (exact) mass is 630 g/mol. The van der Waals surface area contributed by atoms with Gasteiger partial charge in [0.1, 0.15) is 22.6 Å². The van der Waals surface area contributed by atoms with Gasteiger partial charge in [0.2, 0.25) is 0 Å². The first-order chi connectivity index (χ1) is 22.7. The number of hydrogen-bond donors (Lipinski definition) is 2. The molecule has 0 unspecified atom stereocenters. The van der Waals surface area contributed by atoms with Gasteiger partial charge in [0, 0.05) is 43.8 Å². The number of nitrogens with zero attached hydrogens (tertiary/aromatic N) is 8. The van der Waals surface area contributed by atoms with Crippen LogP contribution in [0.4, 0.5) is 11.6 Å². The molecule has 6 bridgehead atoms. The third-order valence-electron chi connectivity index (χ3n) is 9.35. The number of amidine groups is 4. The van der Waals surface area contributed by atoms with Gasteiger partial charge in [0.05, 0.1) is 0 Å². The minimum absolute atomic E-state index is 0.350. The Morgan fingerprint density at radius 2 is 0.872 bits per heavy atom. The van der Waals surface area contributed by atoms with Crippen molar-refractivity contribution in [2.24, 2.45) is 30.0 Å². The zero-order chi connectivity index (χ0) is 31.9. The first kappa shape index (κ1) is 26.6. The molecule has 226 valence electrons. The highest BCUT2D eigenvalue weighted by atomic mass is 28.4. The fourth-order valence-corrected chi connectivity index (χ4v) is 9.15. The number of benzene rings is 4. The minimum Gasteiger partial charge on any atom is -0.377 e. The average Bonchev–Trinajstić information content (AvgIpc) is 3.72. The summed E-state index contributed by atoms with van der Waals surface area (Å²) in [5, 5.41) is 2.89. The molecule has 4 aliphatic heterocycles. The number of rotatable bonds is 0. The molecule has 0 amide bonds. The molecule has 0 fully saturated rings. The van der Waals surface area contributed by atoms with Crippen LogP contribution in [0.25, 0.3) is 21.5 Å². The Bertz CT molecular complexity index is 2760. The molecule has 4 aliphatic rings. The molecule has 0 spiro atoms. The van der Waals surface area contributed by atoms with E-state index < -0.39 is 8.88 Å². The van der Waals surface area contributed by atoms with Gasteiger partial charge in [0.15, 0.2) is 23.3 Å². The molecule has 0 saturated heterocycles. The highest BCUT2D eigenvalue weighted by Crippen LogP contribution is 2.42. The van der Waals surface area contributed by atoms with Crippen LogP contribution in [-0.2, 0) is 0 Å². The smallest absolute Gasteiger partial charge is 0.377 e. The van der Waals surface area contributed by atoms with Crippen molar-refractivity contribution < 1.29 is 9.59 Å². The summed E-state index contributed by atoms with van der Waals surface area (Å²) in [4.78, 5) is 56.2. The summed E-state index contributed by atoms with van der Waals surface area (Å²) in [7, 11) is -4.85. The van der Waals surface area contributed by atoms with Crippen molar-refractivity contribution >= 4 is 65.4 Å². The minimum atomic E-state index is -4.85. The lowest BCUT2D eigenvalue weighted by atomic mass is 10.0. The van der Waals surface area contributed by atoms with Crippen LogP contribution in [0.1, 0.15) is 44.5 Å². The molecule has 6 aromatic rings. The summed E-state index contributed by atoms with van der Waals surface area (Å²) in [6.45, 7) is 8.06. The van der Waals surface area contributed by atoms with Crippen molar-refractivity contribution in [1.29, 1.82) is 0 Å². The molecule has 0 aliphatic carbocycles. The third kappa shape index (κ3) is 3.50. The summed E-state index contributed by atoms with van der Waals surface area (Å²) >= 11 is 0. The molecule has 0 saturated carbocycles. The lowest BCUT2D eigenvalue weighted by molar-refractivity contribution is 0.324. The molecule has 6 heterocycles. The highest BCUT2D eigenvalue weighted by molar-refractivity contribution is 6.63. The van der Waals surface area contributed by atoms with Crippen LogP contribution in [0.2, 0.25) is 0 Å². The molecular weight excluding hydrogens is 605 g/mol. The maximum atomic E-state index is 12.9. The zero-order valence-corrected chi connectivity index (χ0v) is 26.9. The van der Waals surface area contributed by atoms with E-state index in [1.807, 2.05) is 100 Å². The van der Waals surface area contributed by atoms with E-state index in [1.54, 1.807) is 0 Å². The van der Waals surface area contributed by atoms with E-state index in [2.05, 4.69) is 0 Å². The van der Waals surface area contributed by atoms with Crippen molar-refractivity contribution in [2.75, 3.05) is 0 Å². The predicted molar refractivity (Wildman–Crippen MR) is 184 cm³/mol. The summed E-state index contributed by atoms with van der Waals surface area (Å²) in [5.74, 6) is 2.50. The van der Waals surface area contributed by atoms with Crippen LogP contribution in [0, 0.1) is 27.7 Å². The Morgan fingerprint density at radius 3 is 1.51 bits per heavy atom. The molecule has 10 nitrogen and oxygen atoms in total. The van der Waals surface area contributed by atoms with Crippen molar-refractivity contribution in [1.82, 2.24) is 8.47 Å². The number of aryl methyl sites for hydroxylation is 4. The predicted octanol–water partition coefficient (Wildman–Crippen LogP) is 4.59. The number of aliphatic imine (C=N–C) groups is 4. The van der Waals surface area contributed by atoms with Crippen molar-refractivity contribution in [3.05, 3.63) is 128 Å². The van der Waals surface area contributed by atoms with Crippen LogP contribution < -0.4 is 11.0 Å². The molecule has 10 rings (SSSR count). The van der Waals surface area contributed by atoms with Gasteiger partial charge < -0.3 is 9.59 Å². The average molecular weight is 631 g/mol. The van der Waals surface area contributed by atoms with Gasteiger partial charge in [-0.15, -0.1) is 0 Å².